The molecule has 0 radical (unpaired) electrons. The predicted molar refractivity (Wildman–Crippen MR) is 123 cm³/mol. The Bertz CT molecular complexity index is 1200. The number of carbonyl (C=O) groups is 2. The van der Waals surface area contributed by atoms with Gasteiger partial charge in [0.05, 0.1) is 24.0 Å². The third-order valence-electron chi connectivity index (χ3n) is 5.52. The van der Waals surface area contributed by atoms with Crippen molar-refractivity contribution in [3.05, 3.63) is 41.7 Å². The van der Waals surface area contributed by atoms with Crippen molar-refractivity contribution in [2.75, 3.05) is 0 Å². The quantitative estimate of drug-likeness (QED) is 0.397. The van der Waals surface area contributed by atoms with Crippen LogP contribution in [0.1, 0.15) is 67.0 Å². The minimum absolute atomic E-state index is 0.0483. The summed E-state index contributed by atoms with van der Waals surface area (Å²) in [4.78, 5) is 34.7. The van der Waals surface area contributed by atoms with E-state index >= 15 is 0 Å². The Morgan fingerprint density at radius 2 is 1.84 bits per heavy atom. The highest BCUT2D eigenvalue weighted by atomic mass is 19.4. The Kier molecular flexibility index (Phi) is 9.16. The van der Waals surface area contributed by atoms with Gasteiger partial charge in [0, 0.05) is 32.9 Å². The Balaban J connectivity index is 0.000000405. The standard InChI is InChI=1S/C17H18F3N7O2.C6H10F2/c1-27-9-23-15(26-27)16(29)22-8-13-24-11-3-2-10(6-12(11)25-13)7-21-14(28)4-5-17(18,19)20;7-6(8)4-2-1-3-5-6/h2-3,6,9H,4-5,7-8H2,1H3,(H,21,28)(H,22,29)(H,24,25);1-5H2. The zero-order chi connectivity index (χ0) is 27.1. The van der Waals surface area contributed by atoms with Crippen molar-refractivity contribution in [3.63, 3.8) is 0 Å². The van der Waals surface area contributed by atoms with Crippen LogP contribution < -0.4 is 10.6 Å². The first-order valence-electron chi connectivity index (χ1n) is 11.7. The maximum Gasteiger partial charge on any atom is 0.389 e. The number of amides is 2. The summed E-state index contributed by atoms with van der Waals surface area (Å²) < 4.78 is 62.2. The molecule has 3 N–H and O–H groups in total. The SMILES string of the molecule is Cn1cnc(C(=O)NCc2nc3ccc(CNC(=O)CCC(F)(F)F)cc3[nH]2)n1.FC1(F)CCCCC1. The highest BCUT2D eigenvalue weighted by Crippen LogP contribution is 2.32. The second-order valence-electron chi connectivity index (χ2n) is 8.77. The molecule has 0 bridgehead atoms. The van der Waals surface area contributed by atoms with Gasteiger partial charge in [-0.15, -0.1) is 5.10 Å². The number of alkyl halides is 5. The Labute approximate surface area is 209 Å². The van der Waals surface area contributed by atoms with Gasteiger partial charge in [-0.25, -0.2) is 18.7 Å². The monoisotopic (exact) mass is 529 g/mol. The lowest BCUT2D eigenvalue weighted by Crippen LogP contribution is -2.24. The summed E-state index contributed by atoms with van der Waals surface area (Å²) >= 11 is 0. The highest BCUT2D eigenvalue weighted by Gasteiger charge is 2.30. The van der Waals surface area contributed by atoms with Gasteiger partial charge in [-0.2, -0.15) is 13.2 Å². The van der Waals surface area contributed by atoms with Gasteiger partial charge in [0.1, 0.15) is 12.2 Å². The predicted octanol–water partition coefficient (Wildman–Crippen LogP) is 4.17. The molecule has 0 unspecified atom stereocenters. The van der Waals surface area contributed by atoms with Crippen molar-refractivity contribution in [3.8, 4) is 0 Å². The molecule has 1 aromatic carbocycles. The molecule has 37 heavy (non-hydrogen) atoms. The summed E-state index contributed by atoms with van der Waals surface area (Å²) in [5.74, 6) is -2.87. The Morgan fingerprint density at radius 1 is 1.11 bits per heavy atom. The topological polar surface area (TPSA) is 118 Å². The van der Waals surface area contributed by atoms with Crippen molar-refractivity contribution in [2.24, 2.45) is 7.05 Å². The lowest BCUT2D eigenvalue weighted by Gasteiger charge is -2.20. The number of fused-ring (bicyclic) bond motifs is 1. The van der Waals surface area contributed by atoms with Crippen LogP contribution in [0.5, 0.6) is 0 Å². The summed E-state index contributed by atoms with van der Waals surface area (Å²) in [5.41, 5.74) is 2.03. The number of benzene rings is 1. The number of rotatable bonds is 7. The fourth-order valence-electron chi connectivity index (χ4n) is 3.60. The van der Waals surface area contributed by atoms with E-state index in [-0.39, 0.29) is 31.8 Å². The number of nitrogens with zero attached hydrogens (tertiary/aromatic N) is 4. The molecule has 2 heterocycles. The number of H-pyrrole nitrogens is 1. The number of nitrogens with one attached hydrogen (secondary N) is 3. The van der Waals surface area contributed by atoms with Gasteiger partial charge in [-0.05, 0) is 30.5 Å². The normalized spacial score (nSPS) is 15.1. The van der Waals surface area contributed by atoms with Crippen LogP contribution in [0.25, 0.3) is 11.0 Å². The minimum atomic E-state index is -4.36. The van der Waals surface area contributed by atoms with Crippen LogP contribution in [0, 0.1) is 0 Å². The zero-order valence-corrected chi connectivity index (χ0v) is 20.2. The summed E-state index contributed by atoms with van der Waals surface area (Å²) in [6.45, 7) is 0.234. The van der Waals surface area contributed by atoms with E-state index in [4.69, 9.17) is 0 Å². The summed E-state index contributed by atoms with van der Waals surface area (Å²) in [6, 6.07) is 5.17. The number of aromatic amines is 1. The van der Waals surface area contributed by atoms with E-state index in [9.17, 15) is 31.5 Å². The van der Waals surface area contributed by atoms with Crippen molar-refractivity contribution >= 4 is 22.8 Å². The molecule has 202 valence electrons. The maximum absolute atomic E-state index is 12.2. The van der Waals surface area contributed by atoms with Gasteiger partial charge in [-0.1, -0.05) is 12.5 Å². The molecule has 1 fully saturated rings. The van der Waals surface area contributed by atoms with Gasteiger partial charge < -0.3 is 15.6 Å². The first-order chi connectivity index (χ1) is 17.4. The lowest BCUT2D eigenvalue weighted by molar-refractivity contribution is -0.144. The lowest BCUT2D eigenvalue weighted by atomic mass is 9.97. The van der Waals surface area contributed by atoms with Crippen LogP contribution in [-0.2, 0) is 24.9 Å². The van der Waals surface area contributed by atoms with E-state index in [0.29, 0.717) is 35.3 Å². The van der Waals surface area contributed by atoms with Crippen LogP contribution in [-0.4, -0.2) is 48.6 Å². The number of hydrogen-bond acceptors (Lipinski definition) is 5. The molecule has 0 saturated heterocycles. The largest absolute Gasteiger partial charge is 0.389 e. The van der Waals surface area contributed by atoms with Crippen LogP contribution in [0.15, 0.2) is 24.5 Å². The first kappa shape index (κ1) is 28.0. The van der Waals surface area contributed by atoms with Gasteiger partial charge >= 0.3 is 6.18 Å². The maximum atomic E-state index is 12.2. The van der Waals surface area contributed by atoms with E-state index in [2.05, 4.69) is 30.7 Å². The molecule has 14 heteroatoms. The van der Waals surface area contributed by atoms with Crippen LogP contribution in [0.3, 0.4) is 0 Å². The number of aryl methyl sites for hydroxylation is 1. The van der Waals surface area contributed by atoms with Crippen LogP contribution >= 0.6 is 0 Å². The number of halogens is 5. The smallest absolute Gasteiger partial charge is 0.352 e. The van der Waals surface area contributed by atoms with Gasteiger partial charge in [0.2, 0.25) is 17.7 Å². The molecular weight excluding hydrogens is 501 g/mol. The number of carbonyl (C=O) groups excluding carboxylic acids is 2. The molecule has 4 rings (SSSR count). The first-order valence-corrected chi connectivity index (χ1v) is 11.7. The molecule has 1 aliphatic carbocycles. The van der Waals surface area contributed by atoms with E-state index in [1.165, 1.54) is 11.0 Å². The molecule has 3 aromatic rings. The number of hydrogen-bond donors (Lipinski definition) is 3. The molecule has 2 aromatic heterocycles. The molecule has 1 saturated carbocycles. The van der Waals surface area contributed by atoms with Gasteiger partial charge in [-0.3, -0.25) is 14.3 Å². The summed E-state index contributed by atoms with van der Waals surface area (Å²) in [6.07, 6.45) is -2.04. The van der Waals surface area contributed by atoms with E-state index in [1.54, 1.807) is 25.2 Å². The molecule has 0 atom stereocenters. The van der Waals surface area contributed by atoms with Crippen molar-refractivity contribution in [1.82, 2.24) is 35.4 Å². The zero-order valence-electron chi connectivity index (χ0n) is 20.2. The third-order valence-corrected chi connectivity index (χ3v) is 5.52. The van der Waals surface area contributed by atoms with Gasteiger partial charge in [0.15, 0.2) is 0 Å². The Morgan fingerprint density at radius 3 is 2.43 bits per heavy atom. The van der Waals surface area contributed by atoms with E-state index < -0.39 is 36.8 Å². The fourth-order valence-corrected chi connectivity index (χ4v) is 3.60. The molecule has 0 aliphatic heterocycles. The molecule has 2 amide bonds. The molecule has 0 spiro atoms. The third kappa shape index (κ3) is 9.42. The average Bonchev–Trinajstić information content (AvgIpc) is 3.45. The second kappa shape index (κ2) is 12.1. The van der Waals surface area contributed by atoms with Crippen LogP contribution in [0.4, 0.5) is 22.0 Å². The van der Waals surface area contributed by atoms with Crippen molar-refractivity contribution < 1.29 is 31.5 Å². The minimum Gasteiger partial charge on any atom is -0.352 e. The summed E-state index contributed by atoms with van der Waals surface area (Å²) in [7, 11) is 1.65. The Hall–Kier alpha value is -3.58. The van der Waals surface area contributed by atoms with Crippen LogP contribution in [0.2, 0.25) is 0 Å². The fraction of sp³-hybridized carbons (Fsp3) is 0.522. The summed E-state index contributed by atoms with van der Waals surface area (Å²) in [5, 5.41) is 9.01. The van der Waals surface area contributed by atoms with E-state index in [0.717, 1.165) is 6.42 Å². The van der Waals surface area contributed by atoms with Gasteiger partial charge in [0.25, 0.3) is 5.91 Å². The number of aromatic nitrogens is 5. The van der Waals surface area contributed by atoms with E-state index in [1.807, 2.05) is 0 Å². The molecule has 1 aliphatic rings. The highest BCUT2D eigenvalue weighted by molar-refractivity contribution is 5.90. The molecular formula is C23H28F5N7O2. The van der Waals surface area contributed by atoms with Crippen molar-refractivity contribution in [1.29, 1.82) is 0 Å². The molecule has 9 nitrogen and oxygen atoms in total. The van der Waals surface area contributed by atoms with Crippen molar-refractivity contribution in [2.45, 2.75) is 70.1 Å². The average molecular weight is 530 g/mol. The second-order valence-corrected chi connectivity index (χ2v) is 8.77. The number of imidazole rings is 1.